The minimum Gasteiger partial charge on any atom is -0.308 e. The maximum atomic E-state index is 13.8. The average Bonchev–Trinajstić information content (AvgIpc) is 2.46. The molecular weight excluding hydrogens is 255 g/mol. The number of anilines is 1. The first-order valence-electron chi connectivity index (χ1n) is 6.66. The first kappa shape index (κ1) is 12.8. The molecule has 4 heteroatoms. The lowest BCUT2D eigenvalue weighted by Gasteiger charge is -2.33. The average molecular weight is 270 g/mol. The molecule has 102 valence electrons. The van der Waals surface area contributed by atoms with Gasteiger partial charge in [0, 0.05) is 18.4 Å². The van der Waals surface area contributed by atoms with Gasteiger partial charge in [0.1, 0.15) is 0 Å². The Labute approximate surface area is 117 Å². The summed E-state index contributed by atoms with van der Waals surface area (Å²) in [6, 6.07) is 9.23. The van der Waals surface area contributed by atoms with Crippen LogP contribution in [0.25, 0.3) is 0 Å². The second-order valence-corrected chi connectivity index (χ2v) is 5.21. The molecule has 0 bridgehead atoms. The zero-order valence-electron chi connectivity index (χ0n) is 11.2. The van der Waals surface area contributed by atoms with E-state index in [2.05, 4.69) is 11.9 Å². The van der Waals surface area contributed by atoms with Gasteiger partial charge >= 0.3 is 0 Å². The summed E-state index contributed by atoms with van der Waals surface area (Å²) >= 11 is 0. The number of halogens is 1. The molecule has 2 aromatic rings. The maximum absolute atomic E-state index is 13.8. The number of para-hydroxylation sites is 1. The lowest BCUT2D eigenvalue weighted by molar-refractivity contribution is 0.0977. The number of hydrogen-bond donors (Lipinski definition) is 0. The highest BCUT2D eigenvalue weighted by atomic mass is 19.1. The molecule has 1 aliphatic rings. The Hall–Kier alpha value is -2.23. The van der Waals surface area contributed by atoms with Crippen LogP contribution in [-0.2, 0) is 6.42 Å². The zero-order chi connectivity index (χ0) is 14.1. The third-order valence-corrected chi connectivity index (χ3v) is 3.59. The van der Waals surface area contributed by atoms with Crippen molar-refractivity contribution in [3.8, 4) is 0 Å². The third-order valence-electron chi connectivity index (χ3n) is 3.59. The summed E-state index contributed by atoms with van der Waals surface area (Å²) in [7, 11) is 0. The van der Waals surface area contributed by atoms with E-state index in [-0.39, 0.29) is 11.5 Å². The standard InChI is InChI=1S/C16H15FN2O/c1-11-8-12-4-2-3-5-15(12)19(10-11)16(20)13-6-7-18-9-14(13)17/h2-7,9,11H,8,10H2,1H3. The molecule has 0 aliphatic carbocycles. The number of carbonyl (C=O) groups excluding carboxylic acids is 1. The van der Waals surface area contributed by atoms with E-state index < -0.39 is 5.82 Å². The Balaban J connectivity index is 2.02. The molecule has 1 unspecified atom stereocenters. The molecule has 3 rings (SSSR count). The Bertz CT molecular complexity index is 656. The van der Waals surface area contributed by atoms with Gasteiger partial charge in [-0.05, 0) is 30.0 Å². The number of fused-ring (bicyclic) bond motifs is 1. The summed E-state index contributed by atoms with van der Waals surface area (Å²) < 4.78 is 13.8. The minimum atomic E-state index is -0.576. The summed E-state index contributed by atoms with van der Waals surface area (Å²) in [6.07, 6.45) is 3.46. The zero-order valence-corrected chi connectivity index (χ0v) is 11.2. The highest BCUT2D eigenvalue weighted by molar-refractivity contribution is 6.06. The number of benzene rings is 1. The first-order valence-corrected chi connectivity index (χ1v) is 6.66. The number of pyridine rings is 1. The van der Waals surface area contributed by atoms with Gasteiger partial charge in [-0.15, -0.1) is 0 Å². The van der Waals surface area contributed by atoms with Crippen molar-refractivity contribution >= 4 is 11.6 Å². The van der Waals surface area contributed by atoms with Crippen LogP contribution in [0.5, 0.6) is 0 Å². The van der Waals surface area contributed by atoms with Crippen LogP contribution < -0.4 is 4.90 Å². The molecule has 1 aliphatic heterocycles. The molecule has 0 N–H and O–H groups in total. The number of nitrogens with zero attached hydrogens (tertiary/aromatic N) is 2. The fourth-order valence-corrected chi connectivity index (χ4v) is 2.68. The summed E-state index contributed by atoms with van der Waals surface area (Å²) in [6.45, 7) is 2.71. The smallest absolute Gasteiger partial charge is 0.261 e. The van der Waals surface area contributed by atoms with Gasteiger partial charge in [0.15, 0.2) is 5.82 Å². The summed E-state index contributed by atoms with van der Waals surface area (Å²) in [5.74, 6) is -0.518. The van der Waals surface area contributed by atoms with Crippen molar-refractivity contribution in [2.45, 2.75) is 13.3 Å². The van der Waals surface area contributed by atoms with Crippen molar-refractivity contribution in [3.05, 3.63) is 59.7 Å². The van der Waals surface area contributed by atoms with E-state index in [1.807, 2.05) is 24.3 Å². The largest absolute Gasteiger partial charge is 0.308 e. The van der Waals surface area contributed by atoms with E-state index in [1.54, 1.807) is 4.90 Å². The van der Waals surface area contributed by atoms with Gasteiger partial charge in [-0.1, -0.05) is 25.1 Å². The van der Waals surface area contributed by atoms with Crippen LogP contribution in [0.4, 0.5) is 10.1 Å². The van der Waals surface area contributed by atoms with Crippen molar-refractivity contribution < 1.29 is 9.18 Å². The second kappa shape index (κ2) is 5.04. The van der Waals surface area contributed by atoms with Gasteiger partial charge in [-0.25, -0.2) is 4.39 Å². The second-order valence-electron chi connectivity index (χ2n) is 5.21. The van der Waals surface area contributed by atoms with Crippen molar-refractivity contribution in [1.82, 2.24) is 4.98 Å². The molecule has 1 aromatic heterocycles. The molecular formula is C16H15FN2O. The van der Waals surface area contributed by atoms with Gasteiger partial charge in [-0.3, -0.25) is 9.78 Å². The van der Waals surface area contributed by atoms with Crippen molar-refractivity contribution in [2.75, 3.05) is 11.4 Å². The highest BCUT2D eigenvalue weighted by Crippen LogP contribution is 2.30. The predicted molar refractivity (Wildman–Crippen MR) is 75.2 cm³/mol. The van der Waals surface area contributed by atoms with Crippen LogP contribution in [-0.4, -0.2) is 17.4 Å². The van der Waals surface area contributed by atoms with Crippen molar-refractivity contribution in [1.29, 1.82) is 0 Å². The Kier molecular flexibility index (Phi) is 3.22. The predicted octanol–water partition coefficient (Wildman–Crippen LogP) is 3.06. The molecule has 20 heavy (non-hydrogen) atoms. The number of rotatable bonds is 1. The van der Waals surface area contributed by atoms with Gasteiger partial charge in [0.05, 0.1) is 11.8 Å². The Morgan fingerprint density at radius 3 is 2.95 bits per heavy atom. The lowest BCUT2D eigenvalue weighted by Crippen LogP contribution is -2.39. The molecule has 0 spiro atoms. The number of amides is 1. The van der Waals surface area contributed by atoms with E-state index in [0.717, 1.165) is 23.9 Å². The van der Waals surface area contributed by atoms with Crippen LogP contribution in [0.1, 0.15) is 22.8 Å². The molecule has 2 heterocycles. The minimum absolute atomic E-state index is 0.0731. The fourth-order valence-electron chi connectivity index (χ4n) is 2.68. The first-order chi connectivity index (χ1) is 9.66. The van der Waals surface area contributed by atoms with Crippen molar-refractivity contribution in [2.24, 2.45) is 5.92 Å². The summed E-state index contributed by atoms with van der Waals surface area (Å²) in [5.41, 5.74) is 2.09. The fraction of sp³-hybridized carbons (Fsp3) is 0.250. The third kappa shape index (κ3) is 2.18. The van der Waals surface area contributed by atoms with E-state index >= 15 is 0 Å². The van der Waals surface area contributed by atoms with Crippen LogP contribution in [0.15, 0.2) is 42.7 Å². The topological polar surface area (TPSA) is 33.2 Å². The molecule has 0 saturated heterocycles. The van der Waals surface area contributed by atoms with Crippen LogP contribution in [0.2, 0.25) is 0 Å². The van der Waals surface area contributed by atoms with E-state index in [1.165, 1.54) is 12.3 Å². The van der Waals surface area contributed by atoms with E-state index in [4.69, 9.17) is 0 Å². The molecule has 3 nitrogen and oxygen atoms in total. The SMILES string of the molecule is CC1Cc2ccccc2N(C(=O)c2ccncc2F)C1. The molecule has 0 fully saturated rings. The van der Waals surface area contributed by atoms with Gasteiger partial charge in [0.2, 0.25) is 0 Å². The van der Waals surface area contributed by atoms with Crippen LogP contribution >= 0.6 is 0 Å². The number of aromatic nitrogens is 1. The van der Waals surface area contributed by atoms with Gasteiger partial charge in [0.25, 0.3) is 5.91 Å². The molecule has 0 radical (unpaired) electrons. The summed E-state index contributed by atoms with van der Waals surface area (Å²) in [4.78, 5) is 17.9. The Morgan fingerprint density at radius 1 is 1.35 bits per heavy atom. The number of hydrogen-bond acceptors (Lipinski definition) is 2. The van der Waals surface area contributed by atoms with E-state index in [0.29, 0.717) is 12.5 Å². The molecule has 1 amide bonds. The van der Waals surface area contributed by atoms with Crippen LogP contribution in [0.3, 0.4) is 0 Å². The summed E-state index contributed by atoms with van der Waals surface area (Å²) in [5, 5.41) is 0. The quantitative estimate of drug-likeness (QED) is 0.798. The molecule has 1 atom stereocenters. The lowest BCUT2D eigenvalue weighted by atomic mass is 9.93. The van der Waals surface area contributed by atoms with Gasteiger partial charge < -0.3 is 4.90 Å². The highest BCUT2D eigenvalue weighted by Gasteiger charge is 2.28. The van der Waals surface area contributed by atoms with Gasteiger partial charge in [-0.2, -0.15) is 0 Å². The molecule has 0 saturated carbocycles. The molecule has 1 aromatic carbocycles. The van der Waals surface area contributed by atoms with Crippen LogP contribution in [0, 0.1) is 11.7 Å². The number of carbonyl (C=O) groups is 1. The van der Waals surface area contributed by atoms with E-state index in [9.17, 15) is 9.18 Å². The normalized spacial score (nSPS) is 17.7. The van der Waals surface area contributed by atoms with Crippen molar-refractivity contribution in [3.63, 3.8) is 0 Å². The Morgan fingerprint density at radius 2 is 2.15 bits per heavy atom. The monoisotopic (exact) mass is 270 g/mol. The maximum Gasteiger partial charge on any atom is 0.261 e.